The highest BCUT2D eigenvalue weighted by Gasteiger charge is 2.33. The summed E-state index contributed by atoms with van der Waals surface area (Å²) in [5.41, 5.74) is 0. The Morgan fingerprint density at radius 1 is 0.950 bits per heavy atom. The van der Waals surface area contributed by atoms with Crippen LogP contribution in [0.5, 0.6) is 0 Å². The van der Waals surface area contributed by atoms with E-state index in [1.165, 1.54) is 77.7 Å². The Morgan fingerprint density at radius 3 is 2.60 bits per heavy atom. The molecule has 2 heterocycles. The lowest BCUT2D eigenvalue weighted by Crippen LogP contribution is -2.42. The number of nitrogens with zero attached hydrogens (tertiary/aromatic N) is 2. The number of hydrogen-bond acceptors (Lipinski definition) is 3. The van der Waals surface area contributed by atoms with E-state index in [0.29, 0.717) is 0 Å². The average Bonchev–Trinajstić information content (AvgIpc) is 3.11. The fraction of sp³-hybridized carbons (Fsp3) is 1.00. The minimum atomic E-state index is 0.800. The van der Waals surface area contributed by atoms with E-state index < -0.39 is 0 Å². The zero-order valence-corrected chi connectivity index (χ0v) is 13.3. The number of rotatable bonds is 5. The van der Waals surface area contributed by atoms with Crippen LogP contribution in [0.1, 0.15) is 51.9 Å². The highest BCUT2D eigenvalue weighted by molar-refractivity contribution is 4.90. The predicted molar refractivity (Wildman–Crippen MR) is 85.1 cm³/mol. The number of piperidine rings is 1. The zero-order chi connectivity index (χ0) is 13.8. The van der Waals surface area contributed by atoms with Crippen LogP contribution >= 0.6 is 0 Å². The second-order valence-corrected chi connectivity index (χ2v) is 7.15. The van der Waals surface area contributed by atoms with Gasteiger partial charge in [0.1, 0.15) is 0 Å². The molecule has 3 fully saturated rings. The van der Waals surface area contributed by atoms with Gasteiger partial charge in [0.2, 0.25) is 0 Å². The highest BCUT2D eigenvalue weighted by Crippen LogP contribution is 2.28. The van der Waals surface area contributed by atoms with Crippen LogP contribution in [0.15, 0.2) is 0 Å². The van der Waals surface area contributed by atoms with E-state index in [-0.39, 0.29) is 0 Å². The molecule has 3 aliphatic rings. The van der Waals surface area contributed by atoms with E-state index in [4.69, 9.17) is 0 Å². The lowest BCUT2D eigenvalue weighted by atomic mass is 10.0. The van der Waals surface area contributed by atoms with Gasteiger partial charge in [-0.2, -0.15) is 0 Å². The van der Waals surface area contributed by atoms with Crippen molar-refractivity contribution in [3.05, 3.63) is 0 Å². The molecule has 0 amide bonds. The van der Waals surface area contributed by atoms with Gasteiger partial charge >= 0.3 is 0 Å². The maximum atomic E-state index is 3.71. The SMILES string of the molecule is CCNC1CCCC1CN1CCC(N2CCCCC2)C1. The number of nitrogens with one attached hydrogen (secondary N) is 1. The first-order valence-electron chi connectivity index (χ1n) is 9.06. The van der Waals surface area contributed by atoms with Crippen molar-refractivity contribution in [2.75, 3.05) is 39.3 Å². The van der Waals surface area contributed by atoms with Gasteiger partial charge in [0.05, 0.1) is 0 Å². The van der Waals surface area contributed by atoms with Crippen LogP contribution in [0.25, 0.3) is 0 Å². The minimum Gasteiger partial charge on any atom is -0.314 e. The van der Waals surface area contributed by atoms with Crippen molar-refractivity contribution in [2.24, 2.45) is 5.92 Å². The van der Waals surface area contributed by atoms with Crippen molar-refractivity contribution in [3.8, 4) is 0 Å². The minimum absolute atomic E-state index is 0.800. The summed E-state index contributed by atoms with van der Waals surface area (Å²) in [6.45, 7) is 10.1. The summed E-state index contributed by atoms with van der Waals surface area (Å²) < 4.78 is 0. The number of hydrogen-bond donors (Lipinski definition) is 1. The van der Waals surface area contributed by atoms with Gasteiger partial charge in [0.15, 0.2) is 0 Å². The van der Waals surface area contributed by atoms with E-state index in [9.17, 15) is 0 Å². The number of likely N-dealkylation sites (tertiary alicyclic amines) is 2. The van der Waals surface area contributed by atoms with Crippen LogP contribution in [0.3, 0.4) is 0 Å². The van der Waals surface area contributed by atoms with Crippen LogP contribution in [-0.4, -0.2) is 61.2 Å². The molecule has 0 radical (unpaired) electrons. The summed E-state index contributed by atoms with van der Waals surface area (Å²) in [6, 6.07) is 1.67. The van der Waals surface area contributed by atoms with Gasteiger partial charge in [-0.25, -0.2) is 0 Å². The first-order valence-corrected chi connectivity index (χ1v) is 9.06. The monoisotopic (exact) mass is 279 g/mol. The Labute approximate surface area is 125 Å². The van der Waals surface area contributed by atoms with Crippen LogP contribution in [0, 0.1) is 5.92 Å². The van der Waals surface area contributed by atoms with E-state index >= 15 is 0 Å². The van der Waals surface area contributed by atoms with Gasteiger partial charge in [-0.1, -0.05) is 19.8 Å². The van der Waals surface area contributed by atoms with Gasteiger partial charge in [0.25, 0.3) is 0 Å². The van der Waals surface area contributed by atoms with Crippen molar-refractivity contribution in [3.63, 3.8) is 0 Å². The standard InChI is InChI=1S/C17H33N3/c1-2-18-17-8-6-7-15(17)13-19-12-9-16(14-19)20-10-4-3-5-11-20/h15-18H,2-14H2,1H3. The lowest BCUT2D eigenvalue weighted by Gasteiger charge is -2.32. The molecule has 0 aromatic heterocycles. The summed E-state index contributed by atoms with van der Waals surface area (Å²) in [4.78, 5) is 5.54. The molecule has 0 aromatic rings. The van der Waals surface area contributed by atoms with E-state index in [1.807, 2.05) is 0 Å². The Hall–Kier alpha value is -0.120. The van der Waals surface area contributed by atoms with Crippen molar-refractivity contribution in [2.45, 2.75) is 64.0 Å². The van der Waals surface area contributed by atoms with Crippen LogP contribution in [0.4, 0.5) is 0 Å². The van der Waals surface area contributed by atoms with E-state index in [1.54, 1.807) is 0 Å². The van der Waals surface area contributed by atoms with Crippen molar-refractivity contribution in [1.82, 2.24) is 15.1 Å². The molecule has 116 valence electrons. The normalized spacial score (nSPS) is 36.8. The molecule has 1 N–H and O–H groups in total. The smallest absolute Gasteiger partial charge is 0.0235 e. The predicted octanol–water partition coefficient (Wildman–Crippen LogP) is 2.32. The van der Waals surface area contributed by atoms with Crippen LogP contribution in [0.2, 0.25) is 0 Å². The van der Waals surface area contributed by atoms with E-state index in [2.05, 4.69) is 22.0 Å². The Bertz CT molecular complexity index is 288. The van der Waals surface area contributed by atoms with Crippen LogP contribution in [-0.2, 0) is 0 Å². The summed E-state index contributed by atoms with van der Waals surface area (Å²) in [6.07, 6.45) is 10.0. The third-order valence-electron chi connectivity index (χ3n) is 5.77. The fourth-order valence-electron chi connectivity index (χ4n) is 4.68. The fourth-order valence-corrected chi connectivity index (χ4v) is 4.68. The van der Waals surface area contributed by atoms with Gasteiger partial charge < -0.3 is 10.2 Å². The Balaban J connectivity index is 1.45. The Morgan fingerprint density at radius 2 is 1.80 bits per heavy atom. The highest BCUT2D eigenvalue weighted by atomic mass is 15.3. The molecule has 3 heteroatoms. The van der Waals surface area contributed by atoms with Crippen molar-refractivity contribution in [1.29, 1.82) is 0 Å². The molecular weight excluding hydrogens is 246 g/mol. The molecule has 0 bridgehead atoms. The molecule has 0 spiro atoms. The molecule has 3 rings (SSSR count). The molecule has 3 nitrogen and oxygen atoms in total. The van der Waals surface area contributed by atoms with E-state index in [0.717, 1.165) is 24.5 Å². The van der Waals surface area contributed by atoms with Crippen molar-refractivity contribution < 1.29 is 0 Å². The molecule has 20 heavy (non-hydrogen) atoms. The average molecular weight is 279 g/mol. The molecule has 3 unspecified atom stereocenters. The molecule has 2 aliphatic heterocycles. The maximum Gasteiger partial charge on any atom is 0.0235 e. The molecule has 1 aliphatic carbocycles. The van der Waals surface area contributed by atoms with Gasteiger partial charge in [-0.05, 0) is 64.2 Å². The molecule has 2 saturated heterocycles. The summed E-state index contributed by atoms with van der Waals surface area (Å²) >= 11 is 0. The lowest BCUT2D eigenvalue weighted by molar-refractivity contribution is 0.157. The topological polar surface area (TPSA) is 18.5 Å². The largest absolute Gasteiger partial charge is 0.314 e. The third kappa shape index (κ3) is 3.55. The van der Waals surface area contributed by atoms with Gasteiger partial charge in [0, 0.05) is 25.2 Å². The molecule has 1 saturated carbocycles. The second kappa shape index (κ2) is 7.24. The molecular formula is C17H33N3. The van der Waals surface area contributed by atoms with Gasteiger partial charge in [-0.15, -0.1) is 0 Å². The van der Waals surface area contributed by atoms with Crippen molar-refractivity contribution >= 4 is 0 Å². The van der Waals surface area contributed by atoms with Crippen LogP contribution < -0.4 is 5.32 Å². The third-order valence-corrected chi connectivity index (χ3v) is 5.77. The molecule has 3 atom stereocenters. The summed E-state index contributed by atoms with van der Waals surface area (Å²) in [7, 11) is 0. The summed E-state index contributed by atoms with van der Waals surface area (Å²) in [5.74, 6) is 0.912. The summed E-state index contributed by atoms with van der Waals surface area (Å²) in [5, 5.41) is 3.71. The maximum absolute atomic E-state index is 3.71. The van der Waals surface area contributed by atoms with Gasteiger partial charge in [-0.3, -0.25) is 4.90 Å². The zero-order valence-electron chi connectivity index (χ0n) is 13.3. The Kier molecular flexibility index (Phi) is 5.36. The quantitative estimate of drug-likeness (QED) is 0.833. The molecule has 0 aromatic carbocycles. The first kappa shape index (κ1) is 14.8. The second-order valence-electron chi connectivity index (χ2n) is 7.15. The first-order chi connectivity index (χ1) is 9.86.